The molecule has 0 bridgehead atoms. The third-order valence-electron chi connectivity index (χ3n) is 4.18. The van der Waals surface area contributed by atoms with Gasteiger partial charge in [-0.05, 0) is 30.5 Å². The fourth-order valence-corrected chi connectivity index (χ4v) is 3.87. The second-order valence-electron chi connectivity index (χ2n) is 5.93. The van der Waals surface area contributed by atoms with E-state index in [0.717, 1.165) is 26.9 Å². The highest BCUT2D eigenvalue weighted by Crippen LogP contribution is 2.35. The molecule has 1 amide bonds. The third-order valence-corrected chi connectivity index (χ3v) is 5.36. The van der Waals surface area contributed by atoms with Crippen molar-refractivity contribution in [1.82, 2.24) is 15.3 Å². The van der Waals surface area contributed by atoms with E-state index in [1.165, 1.54) is 11.3 Å². The molecule has 0 atom stereocenters. The quantitative estimate of drug-likeness (QED) is 0.719. The first-order chi connectivity index (χ1) is 12.5. The number of ether oxygens (including phenoxy) is 2. The smallest absolute Gasteiger partial charge is 0.261 e. The molecule has 1 aromatic carbocycles. The van der Waals surface area contributed by atoms with Crippen LogP contribution < -0.4 is 10.1 Å². The standard InChI is InChI=1S/C19H21N3O3S/c1-11-7-5-6-8-13(11)9-20-17(23)16-12(2)15-18(25-4)21-14(10-24-3)22-19(15)26-16/h5-8H,9-10H2,1-4H3,(H,20,23). The van der Waals surface area contributed by atoms with Gasteiger partial charge in [-0.3, -0.25) is 4.79 Å². The molecule has 2 heterocycles. The zero-order valence-corrected chi connectivity index (χ0v) is 16.1. The van der Waals surface area contributed by atoms with Gasteiger partial charge in [0.05, 0.1) is 17.4 Å². The summed E-state index contributed by atoms with van der Waals surface area (Å²) in [6.45, 7) is 4.70. The van der Waals surface area contributed by atoms with Gasteiger partial charge in [-0.25, -0.2) is 4.98 Å². The van der Waals surface area contributed by atoms with Gasteiger partial charge in [0.2, 0.25) is 5.88 Å². The summed E-state index contributed by atoms with van der Waals surface area (Å²) >= 11 is 1.34. The minimum atomic E-state index is -0.121. The number of hydrogen-bond donors (Lipinski definition) is 1. The average molecular weight is 371 g/mol. The topological polar surface area (TPSA) is 73.3 Å². The fourth-order valence-electron chi connectivity index (χ4n) is 2.77. The highest BCUT2D eigenvalue weighted by Gasteiger charge is 2.21. The Hall–Kier alpha value is -2.51. The van der Waals surface area contributed by atoms with Crippen LogP contribution in [-0.4, -0.2) is 30.1 Å². The monoisotopic (exact) mass is 371 g/mol. The predicted octanol–water partition coefficient (Wildman–Crippen LogP) is 3.39. The maximum Gasteiger partial charge on any atom is 0.261 e. The minimum absolute atomic E-state index is 0.121. The zero-order chi connectivity index (χ0) is 18.7. The second kappa shape index (κ2) is 7.80. The van der Waals surface area contributed by atoms with Crippen LogP contribution >= 0.6 is 11.3 Å². The summed E-state index contributed by atoms with van der Waals surface area (Å²) < 4.78 is 10.5. The Labute approximate surface area is 156 Å². The van der Waals surface area contributed by atoms with Gasteiger partial charge < -0.3 is 14.8 Å². The van der Waals surface area contributed by atoms with Crippen LogP contribution in [0.1, 0.15) is 32.2 Å². The van der Waals surface area contributed by atoms with Crippen molar-refractivity contribution in [1.29, 1.82) is 0 Å². The van der Waals surface area contributed by atoms with Crippen LogP contribution in [0, 0.1) is 13.8 Å². The molecule has 6 nitrogen and oxygen atoms in total. The van der Waals surface area contributed by atoms with Crippen molar-refractivity contribution in [3.63, 3.8) is 0 Å². The molecular weight excluding hydrogens is 350 g/mol. The number of nitrogens with zero attached hydrogens (tertiary/aromatic N) is 2. The molecule has 7 heteroatoms. The molecule has 1 N–H and O–H groups in total. The number of aromatic nitrogens is 2. The number of methoxy groups -OCH3 is 2. The molecule has 0 spiro atoms. The minimum Gasteiger partial charge on any atom is -0.480 e. The molecule has 3 rings (SSSR count). The van der Waals surface area contributed by atoms with E-state index in [2.05, 4.69) is 15.3 Å². The Kier molecular flexibility index (Phi) is 5.49. The largest absolute Gasteiger partial charge is 0.480 e. The molecule has 136 valence electrons. The number of amides is 1. The van der Waals surface area contributed by atoms with Crippen LogP contribution in [0.2, 0.25) is 0 Å². The average Bonchev–Trinajstić information content (AvgIpc) is 2.97. The highest BCUT2D eigenvalue weighted by molar-refractivity contribution is 7.20. The van der Waals surface area contributed by atoms with Crippen LogP contribution in [-0.2, 0) is 17.9 Å². The van der Waals surface area contributed by atoms with Crippen LogP contribution in [0.4, 0.5) is 0 Å². The van der Waals surface area contributed by atoms with E-state index in [1.54, 1.807) is 14.2 Å². The van der Waals surface area contributed by atoms with Crippen molar-refractivity contribution >= 4 is 27.5 Å². The van der Waals surface area contributed by atoms with Gasteiger partial charge in [-0.2, -0.15) is 4.98 Å². The van der Waals surface area contributed by atoms with E-state index in [0.29, 0.717) is 23.1 Å². The Balaban J connectivity index is 1.91. The molecule has 0 unspecified atom stereocenters. The van der Waals surface area contributed by atoms with E-state index in [9.17, 15) is 4.79 Å². The molecule has 0 aliphatic heterocycles. The molecule has 0 saturated carbocycles. The van der Waals surface area contributed by atoms with Crippen LogP contribution in [0.15, 0.2) is 24.3 Å². The first-order valence-electron chi connectivity index (χ1n) is 8.20. The normalized spacial score (nSPS) is 10.9. The molecule has 2 aromatic heterocycles. The summed E-state index contributed by atoms with van der Waals surface area (Å²) in [5.41, 5.74) is 3.07. The van der Waals surface area contributed by atoms with E-state index in [4.69, 9.17) is 9.47 Å². The lowest BCUT2D eigenvalue weighted by Gasteiger charge is -2.07. The third kappa shape index (κ3) is 3.54. The molecular formula is C19H21N3O3S. The summed E-state index contributed by atoms with van der Waals surface area (Å²) in [6.07, 6.45) is 0. The van der Waals surface area contributed by atoms with E-state index in [1.807, 2.05) is 38.1 Å². The number of rotatable bonds is 6. The molecule has 26 heavy (non-hydrogen) atoms. The molecule has 0 fully saturated rings. The lowest BCUT2D eigenvalue weighted by atomic mass is 10.1. The van der Waals surface area contributed by atoms with Crippen LogP contribution in [0.25, 0.3) is 10.2 Å². The molecule has 0 aliphatic rings. The number of benzene rings is 1. The molecule has 0 saturated heterocycles. The summed E-state index contributed by atoms with van der Waals surface area (Å²) in [4.78, 5) is 22.9. The van der Waals surface area contributed by atoms with Crippen LogP contribution in [0.3, 0.4) is 0 Å². The Morgan fingerprint density at radius 1 is 1.19 bits per heavy atom. The number of carbonyl (C=O) groups is 1. The van der Waals surface area contributed by atoms with Gasteiger partial charge >= 0.3 is 0 Å². The van der Waals surface area contributed by atoms with E-state index in [-0.39, 0.29) is 12.5 Å². The van der Waals surface area contributed by atoms with Crippen molar-refractivity contribution < 1.29 is 14.3 Å². The maximum absolute atomic E-state index is 12.7. The van der Waals surface area contributed by atoms with Crippen molar-refractivity contribution in [2.45, 2.75) is 27.0 Å². The first-order valence-corrected chi connectivity index (χ1v) is 9.02. The Morgan fingerprint density at radius 3 is 2.65 bits per heavy atom. The van der Waals surface area contributed by atoms with Crippen molar-refractivity contribution in [3.05, 3.63) is 51.7 Å². The molecule has 0 aliphatic carbocycles. The number of carbonyl (C=O) groups excluding carboxylic acids is 1. The van der Waals surface area contributed by atoms with Gasteiger partial charge in [0.15, 0.2) is 5.82 Å². The first kappa shape index (κ1) is 18.3. The van der Waals surface area contributed by atoms with E-state index >= 15 is 0 Å². The summed E-state index contributed by atoms with van der Waals surface area (Å²) in [6, 6.07) is 8.00. The lowest BCUT2D eigenvalue weighted by molar-refractivity contribution is 0.0954. The van der Waals surface area contributed by atoms with Gasteiger partial charge in [0.1, 0.15) is 11.4 Å². The Morgan fingerprint density at radius 2 is 1.96 bits per heavy atom. The lowest BCUT2D eigenvalue weighted by Crippen LogP contribution is -2.22. The number of hydrogen-bond acceptors (Lipinski definition) is 6. The van der Waals surface area contributed by atoms with Crippen LogP contribution in [0.5, 0.6) is 5.88 Å². The maximum atomic E-state index is 12.7. The van der Waals surface area contributed by atoms with Crippen molar-refractivity contribution in [2.75, 3.05) is 14.2 Å². The highest BCUT2D eigenvalue weighted by atomic mass is 32.1. The molecule has 3 aromatic rings. The Bertz CT molecular complexity index is 953. The second-order valence-corrected chi connectivity index (χ2v) is 6.93. The van der Waals surface area contributed by atoms with Gasteiger partial charge in [0, 0.05) is 13.7 Å². The zero-order valence-electron chi connectivity index (χ0n) is 15.3. The van der Waals surface area contributed by atoms with E-state index < -0.39 is 0 Å². The van der Waals surface area contributed by atoms with Gasteiger partial charge in [-0.15, -0.1) is 11.3 Å². The number of nitrogens with one attached hydrogen (secondary N) is 1. The SMILES string of the molecule is COCc1nc(OC)c2c(C)c(C(=O)NCc3ccccc3C)sc2n1. The molecule has 0 radical (unpaired) electrons. The fraction of sp³-hybridized carbons (Fsp3) is 0.316. The summed E-state index contributed by atoms with van der Waals surface area (Å²) in [5.74, 6) is 0.878. The van der Waals surface area contributed by atoms with Gasteiger partial charge in [-0.1, -0.05) is 24.3 Å². The summed E-state index contributed by atoms with van der Waals surface area (Å²) in [7, 11) is 3.15. The predicted molar refractivity (Wildman–Crippen MR) is 102 cm³/mol. The van der Waals surface area contributed by atoms with Gasteiger partial charge in [0.25, 0.3) is 5.91 Å². The summed E-state index contributed by atoms with van der Waals surface area (Å²) in [5, 5.41) is 3.77. The number of fused-ring (bicyclic) bond motifs is 1. The number of thiophene rings is 1. The number of aryl methyl sites for hydroxylation is 2. The van der Waals surface area contributed by atoms with Crippen molar-refractivity contribution in [2.24, 2.45) is 0 Å². The van der Waals surface area contributed by atoms with Crippen molar-refractivity contribution in [3.8, 4) is 5.88 Å².